The van der Waals surface area contributed by atoms with E-state index in [4.69, 9.17) is 19.9 Å². The number of piperazine rings is 1. The van der Waals surface area contributed by atoms with Crippen LogP contribution in [0.1, 0.15) is 6.42 Å². The molecule has 0 saturated carbocycles. The third-order valence-corrected chi connectivity index (χ3v) is 4.98. The Hall–Kier alpha value is -3.23. The normalized spacial score (nSPS) is 16.7. The molecule has 0 radical (unpaired) electrons. The SMILES string of the molecule is COc1cc2nc(N3CCN(C(=O)C4=CCCO4)CC3)nc(N)c2cc1OC. The highest BCUT2D eigenvalue weighted by Gasteiger charge is 2.27. The third kappa shape index (κ3) is 3.23. The first-order chi connectivity index (χ1) is 13.6. The average molecular weight is 385 g/mol. The van der Waals surface area contributed by atoms with E-state index < -0.39 is 0 Å². The second kappa shape index (κ2) is 7.41. The highest BCUT2D eigenvalue weighted by Crippen LogP contribution is 2.34. The highest BCUT2D eigenvalue weighted by atomic mass is 16.5. The van der Waals surface area contributed by atoms with E-state index in [-0.39, 0.29) is 5.91 Å². The molecule has 1 aromatic heterocycles. The lowest BCUT2D eigenvalue weighted by Gasteiger charge is -2.34. The second-order valence-corrected chi connectivity index (χ2v) is 6.62. The molecule has 0 aliphatic carbocycles. The fourth-order valence-corrected chi connectivity index (χ4v) is 3.44. The predicted octanol–water partition coefficient (Wildman–Crippen LogP) is 1.18. The average Bonchev–Trinajstić information content (AvgIpc) is 3.27. The number of carbonyl (C=O) groups is 1. The number of aromatic nitrogens is 2. The summed E-state index contributed by atoms with van der Waals surface area (Å²) in [6, 6.07) is 3.57. The number of nitrogens with two attached hydrogens (primary N) is 1. The molecule has 0 bridgehead atoms. The molecule has 2 N–H and O–H groups in total. The van der Waals surface area contributed by atoms with Crippen molar-refractivity contribution in [3.63, 3.8) is 0 Å². The summed E-state index contributed by atoms with van der Waals surface area (Å²) in [6.07, 6.45) is 2.64. The number of nitrogens with zero attached hydrogens (tertiary/aromatic N) is 4. The molecule has 9 nitrogen and oxygen atoms in total. The van der Waals surface area contributed by atoms with Gasteiger partial charge in [0.15, 0.2) is 17.3 Å². The van der Waals surface area contributed by atoms with Crippen molar-refractivity contribution in [1.29, 1.82) is 0 Å². The van der Waals surface area contributed by atoms with Gasteiger partial charge in [0.05, 0.1) is 26.3 Å². The maximum absolute atomic E-state index is 12.4. The zero-order valence-corrected chi connectivity index (χ0v) is 16.0. The summed E-state index contributed by atoms with van der Waals surface area (Å²) in [6.45, 7) is 2.98. The maximum Gasteiger partial charge on any atom is 0.288 e. The molecule has 4 rings (SSSR count). The van der Waals surface area contributed by atoms with Crippen LogP contribution in [0, 0.1) is 0 Å². The summed E-state index contributed by atoms with van der Waals surface area (Å²) in [7, 11) is 3.15. The molecule has 2 aromatic rings. The zero-order valence-electron chi connectivity index (χ0n) is 16.0. The summed E-state index contributed by atoms with van der Waals surface area (Å²) < 4.78 is 16.1. The lowest BCUT2D eigenvalue weighted by Crippen LogP contribution is -2.49. The molecule has 9 heteroatoms. The van der Waals surface area contributed by atoms with Gasteiger partial charge in [-0.25, -0.2) is 4.98 Å². The minimum atomic E-state index is -0.0482. The number of methoxy groups -OCH3 is 2. The van der Waals surface area contributed by atoms with Crippen LogP contribution in [-0.4, -0.2) is 67.8 Å². The van der Waals surface area contributed by atoms with Gasteiger partial charge in [-0.1, -0.05) is 0 Å². The molecule has 0 atom stereocenters. The molecule has 2 aliphatic heterocycles. The van der Waals surface area contributed by atoms with Crippen LogP contribution in [0.4, 0.5) is 11.8 Å². The van der Waals surface area contributed by atoms with E-state index >= 15 is 0 Å². The van der Waals surface area contributed by atoms with E-state index in [0.29, 0.717) is 72.7 Å². The summed E-state index contributed by atoms with van der Waals surface area (Å²) >= 11 is 0. The van der Waals surface area contributed by atoms with Gasteiger partial charge in [0.1, 0.15) is 5.82 Å². The van der Waals surface area contributed by atoms with Crippen LogP contribution >= 0.6 is 0 Å². The van der Waals surface area contributed by atoms with Crippen molar-refractivity contribution >= 4 is 28.6 Å². The minimum Gasteiger partial charge on any atom is -0.493 e. The maximum atomic E-state index is 12.4. The quantitative estimate of drug-likeness (QED) is 0.837. The van der Waals surface area contributed by atoms with Crippen molar-refractivity contribution in [2.24, 2.45) is 0 Å². The third-order valence-electron chi connectivity index (χ3n) is 4.98. The van der Waals surface area contributed by atoms with E-state index in [0.717, 1.165) is 6.42 Å². The summed E-state index contributed by atoms with van der Waals surface area (Å²) in [5.74, 6) is 2.49. The molecule has 1 fully saturated rings. The molecular formula is C19H23N5O4. The van der Waals surface area contributed by atoms with Gasteiger partial charge >= 0.3 is 0 Å². The molecule has 1 saturated heterocycles. The van der Waals surface area contributed by atoms with Crippen molar-refractivity contribution in [2.45, 2.75) is 6.42 Å². The molecule has 2 aliphatic rings. The lowest BCUT2D eigenvalue weighted by atomic mass is 10.2. The largest absolute Gasteiger partial charge is 0.493 e. The van der Waals surface area contributed by atoms with Crippen molar-refractivity contribution in [1.82, 2.24) is 14.9 Å². The van der Waals surface area contributed by atoms with Crippen molar-refractivity contribution in [2.75, 3.05) is 57.6 Å². The number of rotatable bonds is 4. The second-order valence-electron chi connectivity index (χ2n) is 6.62. The molecule has 1 aromatic carbocycles. The Bertz CT molecular complexity index is 938. The van der Waals surface area contributed by atoms with Gasteiger partial charge < -0.3 is 29.7 Å². The number of hydrogen-bond donors (Lipinski definition) is 1. The fraction of sp³-hybridized carbons (Fsp3) is 0.421. The number of carbonyl (C=O) groups excluding carboxylic acids is 1. The molecular weight excluding hydrogens is 362 g/mol. The van der Waals surface area contributed by atoms with Gasteiger partial charge in [-0.05, 0) is 12.1 Å². The number of hydrogen-bond acceptors (Lipinski definition) is 8. The van der Waals surface area contributed by atoms with E-state index in [1.165, 1.54) is 0 Å². The molecule has 0 spiro atoms. The van der Waals surface area contributed by atoms with E-state index in [2.05, 4.69) is 9.97 Å². The Morgan fingerprint density at radius 3 is 2.46 bits per heavy atom. The summed E-state index contributed by atoms with van der Waals surface area (Å²) in [5, 5.41) is 0.709. The molecule has 3 heterocycles. The van der Waals surface area contributed by atoms with Crippen LogP contribution in [0.5, 0.6) is 11.5 Å². The predicted molar refractivity (Wildman–Crippen MR) is 104 cm³/mol. The van der Waals surface area contributed by atoms with Crippen LogP contribution in [0.25, 0.3) is 10.9 Å². The van der Waals surface area contributed by atoms with Gasteiger partial charge in [-0.3, -0.25) is 4.79 Å². The van der Waals surface area contributed by atoms with Crippen molar-refractivity contribution in [3.8, 4) is 11.5 Å². The van der Waals surface area contributed by atoms with Crippen LogP contribution in [0.15, 0.2) is 24.0 Å². The number of ether oxygens (including phenoxy) is 3. The molecule has 1 amide bonds. The number of amides is 1. The van der Waals surface area contributed by atoms with Gasteiger partial charge in [0, 0.05) is 44.1 Å². The van der Waals surface area contributed by atoms with Crippen LogP contribution in [0.3, 0.4) is 0 Å². The standard InChI is InChI=1S/C19H23N5O4/c1-26-15-10-12-13(11-16(15)27-2)21-19(22-17(12)20)24-7-5-23(6-8-24)18(25)14-4-3-9-28-14/h4,10-11H,3,5-9H2,1-2H3,(H2,20,21,22). The van der Waals surface area contributed by atoms with Crippen molar-refractivity contribution in [3.05, 3.63) is 24.0 Å². The van der Waals surface area contributed by atoms with Gasteiger partial charge in [0.25, 0.3) is 5.91 Å². The highest BCUT2D eigenvalue weighted by molar-refractivity contribution is 5.92. The van der Waals surface area contributed by atoms with E-state index in [9.17, 15) is 4.79 Å². The number of fused-ring (bicyclic) bond motifs is 1. The van der Waals surface area contributed by atoms with Gasteiger partial charge in [-0.2, -0.15) is 4.98 Å². The number of anilines is 2. The first kappa shape index (κ1) is 18.1. The van der Waals surface area contributed by atoms with E-state index in [1.54, 1.807) is 31.3 Å². The first-order valence-electron chi connectivity index (χ1n) is 9.17. The molecule has 28 heavy (non-hydrogen) atoms. The molecule has 0 unspecified atom stereocenters. The van der Waals surface area contributed by atoms with Crippen LogP contribution < -0.4 is 20.1 Å². The Morgan fingerprint density at radius 1 is 1.11 bits per heavy atom. The Labute approximate surface area is 162 Å². The summed E-state index contributed by atoms with van der Waals surface area (Å²) in [5.41, 5.74) is 6.86. The zero-order chi connectivity index (χ0) is 19.7. The number of benzene rings is 1. The van der Waals surface area contributed by atoms with Gasteiger partial charge in [0.2, 0.25) is 5.95 Å². The van der Waals surface area contributed by atoms with Gasteiger partial charge in [-0.15, -0.1) is 0 Å². The van der Waals surface area contributed by atoms with E-state index in [1.807, 2.05) is 11.0 Å². The molecule has 148 valence electrons. The topological polar surface area (TPSA) is 103 Å². The lowest BCUT2D eigenvalue weighted by molar-refractivity contribution is -0.130. The number of nitrogen functional groups attached to an aromatic ring is 1. The van der Waals surface area contributed by atoms with Crippen LogP contribution in [-0.2, 0) is 9.53 Å². The monoisotopic (exact) mass is 385 g/mol. The Kier molecular flexibility index (Phi) is 4.81. The smallest absolute Gasteiger partial charge is 0.288 e. The Morgan fingerprint density at radius 2 is 1.82 bits per heavy atom. The fourth-order valence-electron chi connectivity index (χ4n) is 3.44. The minimum absolute atomic E-state index is 0.0482. The summed E-state index contributed by atoms with van der Waals surface area (Å²) in [4.78, 5) is 25.4. The van der Waals surface area contributed by atoms with Crippen molar-refractivity contribution < 1.29 is 19.0 Å². The first-order valence-corrected chi connectivity index (χ1v) is 9.17. The Balaban J connectivity index is 1.54. The van der Waals surface area contributed by atoms with Crippen LogP contribution in [0.2, 0.25) is 0 Å².